The van der Waals surface area contributed by atoms with Crippen LogP contribution in [0.3, 0.4) is 0 Å². The van der Waals surface area contributed by atoms with Gasteiger partial charge < -0.3 is 16.2 Å². The zero-order chi connectivity index (χ0) is 11.4. The summed E-state index contributed by atoms with van der Waals surface area (Å²) in [6.45, 7) is 0.0520. The molecule has 0 aliphatic heterocycles. The lowest BCUT2D eigenvalue weighted by molar-refractivity contribution is -0.138. The molecule has 1 aromatic carbocycles. The maximum Gasteiger partial charge on any atom is 0.322 e. The van der Waals surface area contributed by atoms with Gasteiger partial charge in [0.25, 0.3) is 0 Å². The summed E-state index contributed by atoms with van der Waals surface area (Å²) in [5, 5.41) is 11.2. The molecule has 1 atom stereocenters. The number of nitrogens with one attached hydrogen (secondary N) is 1. The standard InChI is InChI=1S/C9H10BrFN2O2/c10-6-2-1-5(3-7(6)11)13-4-8(12)9(14)15/h1-3,8,13H,4,12H2,(H,14,15). The summed E-state index contributed by atoms with van der Waals surface area (Å²) >= 11 is 3.01. The van der Waals surface area contributed by atoms with Crippen molar-refractivity contribution in [1.82, 2.24) is 0 Å². The van der Waals surface area contributed by atoms with Gasteiger partial charge in [-0.25, -0.2) is 4.39 Å². The minimum atomic E-state index is -1.10. The van der Waals surface area contributed by atoms with Crippen molar-refractivity contribution in [3.8, 4) is 0 Å². The smallest absolute Gasteiger partial charge is 0.322 e. The Kier molecular flexibility index (Phi) is 4.05. The second kappa shape index (κ2) is 5.09. The maximum absolute atomic E-state index is 13.0. The minimum Gasteiger partial charge on any atom is -0.480 e. The van der Waals surface area contributed by atoms with Gasteiger partial charge in [-0.3, -0.25) is 4.79 Å². The topological polar surface area (TPSA) is 75.3 Å². The molecule has 1 rings (SSSR count). The van der Waals surface area contributed by atoms with E-state index in [9.17, 15) is 9.18 Å². The third-order valence-corrected chi connectivity index (χ3v) is 2.41. The molecule has 0 saturated carbocycles. The largest absolute Gasteiger partial charge is 0.480 e. The SMILES string of the molecule is NC(CNc1ccc(Br)c(F)c1)C(=O)O. The molecule has 0 aromatic heterocycles. The molecule has 0 saturated heterocycles. The molecule has 0 radical (unpaired) electrons. The van der Waals surface area contributed by atoms with Gasteiger partial charge in [0.2, 0.25) is 0 Å². The first kappa shape index (κ1) is 11.9. The van der Waals surface area contributed by atoms with Crippen LogP contribution in [0.2, 0.25) is 0 Å². The Labute approximate surface area is 94.4 Å². The molecule has 0 bridgehead atoms. The molecule has 0 fully saturated rings. The molecule has 0 heterocycles. The highest BCUT2D eigenvalue weighted by Crippen LogP contribution is 2.19. The normalized spacial score (nSPS) is 12.2. The molecular weight excluding hydrogens is 267 g/mol. The summed E-state index contributed by atoms with van der Waals surface area (Å²) in [4.78, 5) is 10.4. The maximum atomic E-state index is 13.0. The van der Waals surface area contributed by atoms with Crippen molar-refractivity contribution >= 4 is 27.6 Å². The number of carboxylic acids is 1. The second-order valence-corrected chi connectivity index (χ2v) is 3.81. The van der Waals surface area contributed by atoms with Crippen LogP contribution in [0.25, 0.3) is 0 Å². The third kappa shape index (κ3) is 3.49. The van der Waals surface area contributed by atoms with Crippen molar-refractivity contribution in [2.24, 2.45) is 5.73 Å². The summed E-state index contributed by atoms with van der Waals surface area (Å²) in [6, 6.07) is 3.42. The lowest BCUT2D eigenvalue weighted by atomic mass is 10.2. The Morgan fingerprint density at radius 2 is 2.33 bits per heavy atom. The summed E-state index contributed by atoms with van der Waals surface area (Å²) in [7, 11) is 0. The first-order valence-corrected chi connectivity index (χ1v) is 4.97. The van der Waals surface area contributed by atoms with Crippen LogP contribution in [0.4, 0.5) is 10.1 Å². The molecule has 1 aromatic rings. The Hall–Kier alpha value is -1.14. The van der Waals surface area contributed by atoms with Gasteiger partial charge >= 0.3 is 5.97 Å². The monoisotopic (exact) mass is 276 g/mol. The molecule has 4 N–H and O–H groups in total. The molecule has 0 spiro atoms. The van der Waals surface area contributed by atoms with Gasteiger partial charge in [0.05, 0.1) is 4.47 Å². The van der Waals surface area contributed by atoms with Crippen LogP contribution < -0.4 is 11.1 Å². The van der Waals surface area contributed by atoms with E-state index in [0.717, 1.165) is 0 Å². The van der Waals surface area contributed by atoms with E-state index in [0.29, 0.717) is 10.2 Å². The Bertz CT molecular complexity index is 373. The molecule has 15 heavy (non-hydrogen) atoms. The Morgan fingerprint density at radius 1 is 1.67 bits per heavy atom. The molecule has 6 heteroatoms. The molecule has 0 aliphatic carbocycles. The van der Waals surface area contributed by atoms with Crippen LogP contribution in [0.15, 0.2) is 22.7 Å². The van der Waals surface area contributed by atoms with E-state index in [1.807, 2.05) is 0 Å². The van der Waals surface area contributed by atoms with Gasteiger partial charge in [0, 0.05) is 12.2 Å². The van der Waals surface area contributed by atoms with E-state index < -0.39 is 17.8 Å². The average molecular weight is 277 g/mol. The Morgan fingerprint density at radius 3 is 2.87 bits per heavy atom. The molecule has 82 valence electrons. The number of carboxylic acid groups (broad SMARTS) is 1. The number of halogens is 2. The quantitative estimate of drug-likeness (QED) is 0.777. The predicted molar refractivity (Wildman–Crippen MR) is 58.2 cm³/mol. The van der Waals surface area contributed by atoms with Gasteiger partial charge in [-0.2, -0.15) is 0 Å². The van der Waals surface area contributed by atoms with Crippen molar-refractivity contribution in [3.05, 3.63) is 28.5 Å². The summed E-state index contributed by atoms with van der Waals surface area (Å²) in [5.74, 6) is -1.51. The minimum absolute atomic E-state index is 0.0520. The van der Waals surface area contributed by atoms with Gasteiger partial charge in [-0.1, -0.05) is 0 Å². The van der Waals surface area contributed by atoms with Gasteiger partial charge in [0.1, 0.15) is 11.9 Å². The first-order valence-electron chi connectivity index (χ1n) is 4.18. The van der Waals surface area contributed by atoms with E-state index in [4.69, 9.17) is 10.8 Å². The number of aliphatic carboxylic acids is 1. The van der Waals surface area contributed by atoms with Crippen molar-refractivity contribution in [2.75, 3.05) is 11.9 Å². The van der Waals surface area contributed by atoms with E-state index in [-0.39, 0.29) is 6.54 Å². The highest BCUT2D eigenvalue weighted by atomic mass is 79.9. The second-order valence-electron chi connectivity index (χ2n) is 2.95. The molecule has 0 aliphatic rings. The molecule has 4 nitrogen and oxygen atoms in total. The number of benzene rings is 1. The fraction of sp³-hybridized carbons (Fsp3) is 0.222. The van der Waals surface area contributed by atoms with E-state index in [2.05, 4.69) is 21.2 Å². The highest BCUT2D eigenvalue weighted by Gasteiger charge is 2.10. The predicted octanol–water partition coefficient (Wildman–Crippen LogP) is 1.41. The molecule has 0 amide bonds. The van der Waals surface area contributed by atoms with Crippen LogP contribution in [0.5, 0.6) is 0 Å². The number of hydrogen-bond acceptors (Lipinski definition) is 3. The van der Waals surface area contributed by atoms with Crippen LogP contribution in [0, 0.1) is 5.82 Å². The lowest BCUT2D eigenvalue weighted by Crippen LogP contribution is -2.36. The van der Waals surface area contributed by atoms with Crippen LogP contribution in [0.1, 0.15) is 0 Å². The number of carbonyl (C=O) groups is 1. The van der Waals surface area contributed by atoms with Crippen LogP contribution >= 0.6 is 15.9 Å². The number of rotatable bonds is 4. The summed E-state index contributed by atoms with van der Waals surface area (Å²) in [6.07, 6.45) is 0. The van der Waals surface area contributed by atoms with E-state index >= 15 is 0 Å². The van der Waals surface area contributed by atoms with Gasteiger partial charge in [-0.15, -0.1) is 0 Å². The first-order chi connectivity index (χ1) is 7.00. The van der Waals surface area contributed by atoms with Gasteiger partial charge in [-0.05, 0) is 34.1 Å². The summed E-state index contributed by atoms with van der Waals surface area (Å²) < 4.78 is 13.4. The Balaban J connectivity index is 2.58. The van der Waals surface area contributed by atoms with Crippen molar-refractivity contribution < 1.29 is 14.3 Å². The molecular formula is C9H10BrFN2O2. The zero-order valence-electron chi connectivity index (χ0n) is 7.71. The molecule has 1 unspecified atom stereocenters. The van der Waals surface area contributed by atoms with E-state index in [1.165, 1.54) is 12.1 Å². The highest BCUT2D eigenvalue weighted by molar-refractivity contribution is 9.10. The lowest BCUT2D eigenvalue weighted by Gasteiger charge is -2.09. The van der Waals surface area contributed by atoms with Gasteiger partial charge in [0.15, 0.2) is 0 Å². The van der Waals surface area contributed by atoms with Crippen LogP contribution in [-0.4, -0.2) is 23.7 Å². The average Bonchev–Trinajstić information content (AvgIpc) is 2.19. The number of nitrogens with two attached hydrogens (primary N) is 1. The van der Waals surface area contributed by atoms with Crippen molar-refractivity contribution in [2.45, 2.75) is 6.04 Å². The number of hydrogen-bond donors (Lipinski definition) is 3. The fourth-order valence-corrected chi connectivity index (χ4v) is 1.17. The third-order valence-electron chi connectivity index (χ3n) is 1.76. The summed E-state index contributed by atoms with van der Waals surface area (Å²) in [5.41, 5.74) is 5.76. The van der Waals surface area contributed by atoms with Crippen molar-refractivity contribution in [3.63, 3.8) is 0 Å². The zero-order valence-corrected chi connectivity index (χ0v) is 9.29. The van der Waals surface area contributed by atoms with Crippen molar-refractivity contribution in [1.29, 1.82) is 0 Å². The number of anilines is 1. The van der Waals surface area contributed by atoms with Crippen LogP contribution in [-0.2, 0) is 4.79 Å². The fourth-order valence-electron chi connectivity index (χ4n) is 0.921. The van der Waals surface area contributed by atoms with E-state index in [1.54, 1.807) is 6.07 Å².